The van der Waals surface area contributed by atoms with Crippen LogP contribution in [0, 0.1) is 12.8 Å². The molecule has 1 atom stereocenters. The fourth-order valence-electron chi connectivity index (χ4n) is 4.16. The first-order valence-corrected chi connectivity index (χ1v) is 10.7. The van der Waals surface area contributed by atoms with Crippen LogP contribution in [0.5, 0.6) is 5.75 Å². The van der Waals surface area contributed by atoms with E-state index in [4.69, 9.17) is 4.74 Å². The Morgan fingerprint density at radius 1 is 1.13 bits per heavy atom. The summed E-state index contributed by atoms with van der Waals surface area (Å²) in [6.45, 7) is 2.57. The summed E-state index contributed by atoms with van der Waals surface area (Å²) in [6.07, 6.45) is 7.63. The Balaban J connectivity index is 1.53. The fourth-order valence-corrected chi connectivity index (χ4v) is 4.16. The van der Waals surface area contributed by atoms with Gasteiger partial charge in [0.05, 0.1) is 30.1 Å². The molecule has 1 N–H and O–H groups in total. The number of aryl methyl sites for hydroxylation is 1. The number of hydrogen-bond acceptors (Lipinski definition) is 5. The molecule has 1 aliphatic carbocycles. The molecule has 0 unspecified atom stereocenters. The molecule has 2 fully saturated rings. The van der Waals surface area contributed by atoms with Gasteiger partial charge in [-0.1, -0.05) is 18.6 Å². The van der Waals surface area contributed by atoms with Crippen molar-refractivity contribution in [2.24, 2.45) is 5.92 Å². The topological polar surface area (TPSA) is 84.4 Å². The molecule has 1 aromatic carbocycles. The predicted octanol–water partition coefficient (Wildman–Crippen LogP) is 3.90. The van der Waals surface area contributed by atoms with Gasteiger partial charge in [-0.15, -0.1) is 0 Å². The largest absolute Gasteiger partial charge is 0.495 e. The maximum atomic E-state index is 12.9. The molecule has 2 heterocycles. The zero-order valence-electron chi connectivity index (χ0n) is 17.6. The Kier molecular flexibility index (Phi) is 5.97. The van der Waals surface area contributed by atoms with Gasteiger partial charge in [0.25, 0.3) is 5.91 Å². The van der Waals surface area contributed by atoms with E-state index in [1.165, 1.54) is 0 Å². The van der Waals surface area contributed by atoms with Gasteiger partial charge in [0.2, 0.25) is 5.91 Å². The van der Waals surface area contributed by atoms with Crippen molar-refractivity contribution in [2.75, 3.05) is 19.0 Å². The average molecular weight is 409 g/mol. The van der Waals surface area contributed by atoms with Gasteiger partial charge in [0.1, 0.15) is 5.75 Å². The normalized spacial score (nSPS) is 19.1. The summed E-state index contributed by atoms with van der Waals surface area (Å²) in [4.78, 5) is 36.8. The quantitative estimate of drug-likeness (QED) is 0.811. The first kappa shape index (κ1) is 20.3. The molecule has 158 valence electrons. The molecule has 1 aliphatic heterocycles. The van der Waals surface area contributed by atoms with Gasteiger partial charge in [-0.2, -0.15) is 0 Å². The number of aromatic nitrogens is 2. The van der Waals surface area contributed by atoms with E-state index in [2.05, 4.69) is 15.3 Å². The average Bonchev–Trinajstić information content (AvgIpc) is 2.72. The van der Waals surface area contributed by atoms with E-state index in [9.17, 15) is 9.59 Å². The lowest BCUT2D eigenvalue weighted by Gasteiger charge is -2.39. The van der Waals surface area contributed by atoms with Gasteiger partial charge >= 0.3 is 0 Å². The van der Waals surface area contributed by atoms with E-state index in [0.29, 0.717) is 28.5 Å². The van der Waals surface area contributed by atoms with Crippen LogP contribution in [0.15, 0.2) is 30.5 Å². The number of nitrogens with zero attached hydrogens (tertiary/aromatic N) is 3. The summed E-state index contributed by atoms with van der Waals surface area (Å²) >= 11 is 0. The third-order valence-corrected chi connectivity index (χ3v) is 6.14. The SMILES string of the molecule is COc1ccccc1NC(=O)c1cnc([C@H]2CCCCN2C(=O)C2CCC2)nc1C. The molecule has 4 rings (SSSR count). The molecule has 1 saturated carbocycles. The summed E-state index contributed by atoms with van der Waals surface area (Å²) in [5.74, 6) is 1.35. The van der Waals surface area contributed by atoms with E-state index in [0.717, 1.165) is 45.1 Å². The number of benzene rings is 1. The molecule has 0 radical (unpaired) electrons. The number of piperidine rings is 1. The van der Waals surface area contributed by atoms with Crippen LogP contribution >= 0.6 is 0 Å². The molecular weight excluding hydrogens is 380 g/mol. The highest BCUT2D eigenvalue weighted by molar-refractivity contribution is 6.05. The number of methoxy groups -OCH3 is 1. The van der Waals surface area contributed by atoms with Crippen LogP contribution in [0.1, 0.15) is 66.4 Å². The van der Waals surface area contributed by atoms with E-state index < -0.39 is 0 Å². The van der Waals surface area contributed by atoms with Gasteiger partial charge in [-0.05, 0) is 51.2 Å². The van der Waals surface area contributed by atoms with Gasteiger partial charge < -0.3 is 15.0 Å². The Morgan fingerprint density at radius 3 is 2.63 bits per heavy atom. The van der Waals surface area contributed by atoms with E-state index in [1.54, 1.807) is 25.4 Å². The van der Waals surface area contributed by atoms with Crippen molar-refractivity contribution < 1.29 is 14.3 Å². The third kappa shape index (κ3) is 4.01. The van der Waals surface area contributed by atoms with Crippen LogP contribution in [-0.2, 0) is 4.79 Å². The Hall–Kier alpha value is -2.96. The maximum Gasteiger partial charge on any atom is 0.259 e. The fraction of sp³-hybridized carbons (Fsp3) is 0.478. The number of hydrogen-bond donors (Lipinski definition) is 1. The Bertz CT molecular complexity index is 942. The van der Waals surface area contributed by atoms with E-state index >= 15 is 0 Å². The molecule has 0 spiro atoms. The van der Waals surface area contributed by atoms with Crippen molar-refractivity contribution in [3.63, 3.8) is 0 Å². The summed E-state index contributed by atoms with van der Waals surface area (Å²) < 4.78 is 5.29. The lowest BCUT2D eigenvalue weighted by atomic mass is 9.83. The summed E-state index contributed by atoms with van der Waals surface area (Å²) in [5, 5.41) is 2.87. The predicted molar refractivity (Wildman–Crippen MR) is 113 cm³/mol. The van der Waals surface area contributed by atoms with Crippen molar-refractivity contribution in [1.82, 2.24) is 14.9 Å². The number of para-hydroxylation sites is 2. The minimum Gasteiger partial charge on any atom is -0.495 e. The van der Waals surface area contributed by atoms with Crippen LogP contribution in [0.4, 0.5) is 5.69 Å². The summed E-state index contributed by atoms with van der Waals surface area (Å²) in [6, 6.07) is 7.16. The second-order valence-corrected chi connectivity index (χ2v) is 8.05. The highest BCUT2D eigenvalue weighted by Gasteiger charge is 2.36. The second-order valence-electron chi connectivity index (χ2n) is 8.05. The molecule has 1 aromatic heterocycles. The van der Waals surface area contributed by atoms with Gasteiger partial charge in [-0.25, -0.2) is 9.97 Å². The van der Waals surface area contributed by atoms with Gasteiger partial charge in [-0.3, -0.25) is 9.59 Å². The van der Waals surface area contributed by atoms with Gasteiger partial charge in [0, 0.05) is 18.7 Å². The Morgan fingerprint density at radius 2 is 1.93 bits per heavy atom. The monoisotopic (exact) mass is 408 g/mol. The minimum atomic E-state index is -0.283. The number of rotatable bonds is 5. The zero-order valence-corrected chi connectivity index (χ0v) is 17.6. The smallest absolute Gasteiger partial charge is 0.259 e. The van der Waals surface area contributed by atoms with Crippen molar-refractivity contribution in [2.45, 2.75) is 51.5 Å². The van der Waals surface area contributed by atoms with Crippen molar-refractivity contribution in [3.8, 4) is 5.75 Å². The van der Waals surface area contributed by atoms with Crippen molar-refractivity contribution >= 4 is 17.5 Å². The lowest BCUT2D eigenvalue weighted by Crippen LogP contribution is -2.44. The van der Waals surface area contributed by atoms with Gasteiger partial charge in [0.15, 0.2) is 5.82 Å². The zero-order chi connectivity index (χ0) is 21.1. The standard InChI is InChI=1S/C23H28N4O3/c1-15-17(22(28)26-18-10-3-4-12-20(18)30-2)14-24-21(25-15)19-11-5-6-13-27(19)23(29)16-8-7-9-16/h3-4,10,12,14,16,19H,5-9,11,13H2,1-2H3,(H,26,28)/t19-/m1/s1. The van der Waals surface area contributed by atoms with Crippen molar-refractivity contribution in [1.29, 1.82) is 0 Å². The molecular formula is C23H28N4O3. The van der Waals surface area contributed by atoms with Crippen molar-refractivity contribution in [3.05, 3.63) is 47.5 Å². The van der Waals surface area contributed by atoms with Crippen LogP contribution in [0.3, 0.4) is 0 Å². The summed E-state index contributed by atoms with van der Waals surface area (Å²) in [5.41, 5.74) is 1.62. The van der Waals surface area contributed by atoms with Crippen LogP contribution < -0.4 is 10.1 Å². The third-order valence-electron chi connectivity index (χ3n) is 6.14. The molecule has 7 heteroatoms. The highest BCUT2D eigenvalue weighted by atomic mass is 16.5. The number of nitrogens with one attached hydrogen (secondary N) is 1. The number of amides is 2. The molecule has 0 bridgehead atoms. The molecule has 2 amide bonds. The number of carbonyl (C=O) groups excluding carboxylic acids is 2. The number of anilines is 1. The number of carbonyl (C=O) groups is 2. The number of ether oxygens (including phenoxy) is 1. The first-order chi connectivity index (χ1) is 14.6. The lowest BCUT2D eigenvalue weighted by molar-refractivity contribution is -0.142. The Labute approximate surface area is 176 Å². The number of likely N-dealkylation sites (tertiary alicyclic amines) is 1. The second kappa shape index (κ2) is 8.81. The molecule has 2 aromatic rings. The molecule has 1 saturated heterocycles. The maximum absolute atomic E-state index is 12.9. The molecule has 2 aliphatic rings. The van der Waals surface area contributed by atoms with E-state index in [-0.39, 0.29) is 23.8 Å². The highest BCUT2D eigenvalue weighted by Crippen LogP contribution is 2.35. The van der Waals surface area contributed by atoms with Crippen LogP contribution in [0.25, 0.3) is 0 Å². The van der Waals surface area contributed by atoms with Crippen LogP contribution in [0.2, 0.25) is 0 Å². The minimum absolute atomic E-state index is 0.100. The summed E-state index contributed by atoms with van der Waals surface area (Å²) in [7, 11) is 1.56. The van der Waals surface area contributed by atoms with Crippen LogP contribution in [-0.4, -0.2) is 40.3 Å². The van der Waals surface area contributed by atoms with E-state index in [1.807, 2.05) is 24.0 Å². The molecule has 7 nitrogen and oxygen atoms in total. The molecule has 30 heavy (non-hydrogen) atoms. The first-order valence-electron chi connectivity index (χ1n) is 10.7.